The molecule has 4 nitrogen and oxygen atoms in total. The molecule has 21 heavy (non-hydrogen) atoms. The highest BCUT2D eigenvalue weighted by molar-refractivity contribution is 14.1. The Balaban J connectivity index is 2.54. The van der Waals surface area contributed by atoms with Gasteiger partial charge in [0.2, 0.25) is 5.43 Å². The molecule has 1 heterocycles. The Labute approximate surface area is 133 Å². The van der Waals surface area contributed by atoms with Crippen molar-refractivity contribution in [3.8, 4) is 5.75 Å². The van der Waals surface area contributed by atoms with Crippen molar-refractivity contribution in [3.05, 3.63) is 49.7 Å². The van der Waals surface area contributed by atoms with Crippen molar-refractivity contribution in [1.82, 2.24) is 0 Å². The van der Waals surface area contributed by atoms with E-state index < -0.39 is 5.97 Å². The highest BCUT2D eigenvalue weighted by atomic mass is 127. The van der Waals surface area contributed by atoms with Crippen LogP contribution in [0.25, 0.3) is 21.9 Å². The lowest BCUT2D eigenvalue weighted by atomic mass is 10.1. The van der Waals surface area contributed by atoms with Gasteiger partial charge in [0.1, 0.15) is 16.6 Å². The summed E-state index contributed by atoms with van der Waals surface area (Å²) in [6, 6.07) is 8.82. The van der Waals surface area contributed by atoms with Gasteiger partial charge in [0.05, 0.1) is 8.96 Å². The van der Waals surface area contributed by atoms with Crippen molar-refractivity contribution >= 4 is 50.5 Å². The number of ether oxygens (including phenoxy) is 1. The van der Waals surface area contributed by atoms with E-state index in [1.165, 1.54) is 6.92 Å². The van der Waals surface area contributed by atoms with E-state index in [2.05, 4.69) is 22.6 Å². The fraction of sp³-hybridized carbons (Fsp3) is 0.125. The van der Waals surface area contributed by atoms with E-state index in [-0.39, 0.29) is 11.2 Å². The van der Waals surface area contributed by atoms with Crippen LogP contribution in [0.1, 0.15) is 12.5 Å². The van der Waals surface area contributed by atoms with E-state index >= 15 is 0 Å². The lowest BCUT2D eigenvalue weighted by Gasteiger charge is -2.11. The Morgan fingerprint density at radius 1 is 1.24 bits per heavy atom. The third-order valence-corrected chi connectivity index (χ3v) is 4.53. The number of rotatable bonds is 1. The van der Waals surface area contributed by atoms with Crippen LogP contribution >= 0.6 is 22.6 Å². The molecule has 2 aromatic carbocycles. The largest absolute Gasteiger partial charge is 0.456 e. The minimum Gasteiger partial charge on any atom is -0.456 e. The molecule has 0 radical (unpaired) electrons. The van der Waals surface area contributed by atoms with Crippen molar-refractivity contribution in [2.45, 2.75) is 13.8 Å². The monoisotopic (exact) mass is 394 g/mol. The van der Waals surface area contributed by atoms with Crippen LogP contribution in [0.3, 0.4) is 0 Å². The first kappa shape index (κ1) is 14.1. The van der Waals surface area contributed by atoms with Crippen LogP contribution in [-0.2, 0) is 4.79 Å². The normalized spacial score (nSPS) is 11.0. The molecule has 0 bridgehead atoms. The van der Waals surface area contributed by atoms with Gasteiger partial charge in [0.15, 0.2) is 5.75 Å². The van der Waals surface area contributed by atoms with Crippen LogP contribution in [-0.4, -0.2) is 5.97 Å². The minimum absolute atomic E-state index is 0.194. The second-order valence-corrected chi connectivity index (χ2v) is 5.81. The first-order valence-corrected chi connectivity index (χ1v) is 7.40. The first-order valence-electron chi connectivity index (χ1n) is 6.32. The van der Waals surface area contributed by atoms with Crippen molar-refractivity contribution < 1.29 is 13.9 Å². The van der Waals surface area contributed by atoms with Crippen LogP contribution in [0.15, 0.2) is 39.5 Å². The third kappa shape index (κ3) is 2.31. The van der Waals surface area contributed by atoms with Gasteiger partial charge in [-0.1, -0.05) is 12.1 Å². The van der Waals surface area contributed by atoms with Gasteiger partial charge in [-0.2, -0.15) is 0 Å². The molecule has 3 aromatic rings. The molecule has 0 saturated carbocycles. The molecule has 0 aliphatic heterocycles. The Morgan fingerprint density at radius 3 is 2.67 bits per heavy atom. The Kier molecular flexibility index (Phi) is 3.44. The summed E-state index contributed by atoms with van der Waals surface area (Å²) in [4.78, 5) is 24.0. The summed E-state index contributed by atoms with van der Waals surface area (Å²) in [6.07, 6.45) is 0. The molecular weight excluding hydrogens is 383 g/mol. The summed E-state index contributed by atoms with van der Waals surface area (Å²) in [5.74, 6) is -0.190. The minimum atomic E-state index is -0.465. The Morgan fingerprint density at radius 2 is 1.95 bits per heavy atom. The summed E-state index contributed by atoms with van der Waals surface area (Å²) in [5, 5.41) is 0.775. The van der Waals surface area contributed by atoms with Crippen LogP contribution in [0.5, 0.6) is 5.75 Å². The molecule has 0 saturated heterocycles. The number of benzene rings is 2. The molecule has 5 heteroatoms. The molecule has 0 aliphatic rings. The van der Waals surface area contributed by atoms with E-state index in [9.17, 15) is 9.59 Å². The number of hydrogen-bond donors (Lipinski definition) is 0. The predicted octanol–water partition coefficient (Wildman–Crippen LogP) is 3.78. The van der Waals surface area contributed by atoms with Gasteiger partial charge in [-0.3, -0.25) is 9.59 Å². The van der Waals surface area contributed by atoms with Crippen LogP contribution < -0.4 is 10.2 Å². The van der Waals surface area contributed by atoms with Crippen LogP contribution in [0.2, 0.25) is 0 Å². The van der Waals surface area contributed by atoms with Gasteiger partial charge in [0.25, 0.3) is 0 Å². The quantitative estimate of drug-likeness (QED) is 0.273. The SMILES string of the molecule is CC(=O)Oc1c(I)c(C)cc2oc3ccccc3c(=O)c12. The number of esters is 1. The highest BCUT2D eigenvalue weighted by Crippen LogP contribution is 2.33. The number of aryl methyl sites for hydroxylation is 1. The number of halogens is 1. The lowest BCUT2D eigenvalue weighted by Crippen LogP contribution is -2.10. The molecule has 0 spiro atoms. The number of carbonyl (C=O) groups is 1. The summed E-state index contributed by atoms with van der Waals surface area (Å²) < 4.78 is 11.8. The van der Waals surface area contributed by atoms with Gasteiger partial charge in [-0.25, -0.2) is 0 Å². The van der Waals surface area contributed by atoms with E-state index in [4.69, 9.17) is 9.15 Å². The summed E-state index contributed by atoms with van der Waals surface area (Å²) in [7, 11) is 0. The third-order valence-electron chi connectivity index (χ3n) is 3.19. The average Bonchev–Trinajstić information content (AvgIpc) is 2.43. The van der Waals surface area contributed by atoms with Gasteiger partial charge < -0.3 is 9.15 Å². The number of fused-ring (bicyclic) bond motifs is 2. The molecule has 1 aromatic heterocycles. The van der Waals surface area contributed by atoms with Crippen molar-refractivity contribution in [1.29, 1.82) is 0 Å². The lowest BCUT2D eigenvalue weighted by molar-refractivity contribution is -0.131. The maximum Gasteiger partial charge on any atom is 0.308 e. The number of carbonyl (C=O) groups excluding carboxylic acids is 1. The molecule has 0 amide bonds. The Hall–Kier alpha value is -1.89. The second-order valence-electron chi connectivity index (χ2n) is 4.73. The van der Waals surface area contributed by atoms with Crippen molar-refractivity contribution in [2.75, 3.05) is 0 Å². The second kappa shape index (κ2) is 5.14. The van der Waals surface area contributed by atoms with E-state index in [1.54, 1.807) is 24.3 Å². The fourth-order valence-corrected chi connectivity index (χ4v) is 2.80. The Bertz CT molecular complexity index is 940. The van der Waals surface area contributed by atoms with Crippen LogP contribution in [0.4, 0.5) is 0 Å². The fourth-order valence-electron chi connectivity index (χ4n) is 2.26. The molecule has 0 unspecified atom stereocenters. The molecule has 0 atom stereocenters. The van der Waals surface area contributed by atoms with Gasteiger partial charge in [0, 0.05) is 6.92 Å². The van der Waals surface area contributed by atoms with Crippen molar-refractivity contribution in [2.24, 2.45) is 0 Å². The van der Waals surface area contributed by atoms with Crippen LogP contribution in [0, 0.1) is 10.5 Å². The molecule has 0 aliphatic carbocycles. The molecule has 106 valence electrons. The highest BCUT2D eigenvalue weighted by Gasteiger charge is 2.18. The number of para-hydroxylation sites is 1. The average molecular weight is 394 g/mol. The summed E-state index contributed by atoms with van der Waals surface area (Å²) in [6.45, 7) is 3.19. The van der Waals surface area contributed by atoms with E-state index in [0.717, 1.165) is 9.13 Å². The van der Waals surface area contributed by atoms with E-state index in [1.807, 2.05) is 13.0 Å². The molecular formula is C16H11IO4. The maximum absolute atomic E-state index is 12.7. The zero-order valence-electron chi connectivity index (χ0n) is 11.4. The first-order chi connectivity index (χ1) is 9.99. The number of hydrogen-bond acceptors (Lipinski definition) is 4. The van der Waals surface area contributed by atoms with E-state index in [0.29, 0.717) is 21.9 Å². The van der Waals surface area contributed by atoms with Gasteiger partial charge in [-0.15, -0.1) is 0 Å². The van der Waals surface area contributed by atoms with Crippen molar-refractivity contribution in [3.63, 3.8) is 0 Å². The van der Waals surface area contributed by atoms with Gasteiger partial charge >= 0.3 is 5.97 Å². The maximum atomic E-state index is 12.7. The molecule has 3 rings (SSSR count). The summed E-state index contributed by atoms with van der Waals surface area (Å²) >= 11 is 2.07. The van der Waals surface area contributed by atoms with Gasteiger partial charge in [-0.05, 0) is 53.3 Å². The summed E-state index contributed by atoms with van der Waals surface area (Å²) in [5.41, 5.74) is 1.64. The molecule has 0 fully saturated rings. The predicted molar refractivity (Wildman–Crippen MR) is 88.8 cm³/mol. The smallest absolute Gasteiger partial charge is 0.308 e. The topological polar surface area (TPSA) is 56.5 Å². The standard InChI is InChI=1S/C16H11IO4/c1-8-7-12-13(16(14(8)17)20-9(2)18)15(19)10-5-3-4-6-11(10)21-12/h3-7H,1-2H3. The zero-order chi connectivity index (χ0) is 15.1. The zero-order valence-corrected chi connectivity index (χ0v) is 13.6. The molecule has 0 N–H and O–H groups in total.